The van der Waals surface area contributed by atoms with Crippen LogP contribution in [0.2, 0.25) is 0 Å². The second-order valence-corrected chi connectivity index (χ2v) is 5.23. The van der Waals surface area contributed by atoms with E-state index in [-0.39, 0.29) is 0 Å². The topological polar surface area (TPSA) is 42.7 Å². The number of hydrogen-bond donors (Lipinski definition) is 1. The van der Waals surface area contributed by atoms with Crippen LogP contribution in [0.1, 0.15) is 44.6 Å². The van der Waals surface area contributed by atoms with Gasteiger partial charge in [0.25, 0.3) is 0 Å². The molecule has 0 saturated carbocycles. The van der Waals surface area contributed by atoms with Gasteiger partial charge < -0.3 is 5.32 Å². The number of aromatic nitrogens is 3. The molecule has 2 aromatic rings. The zero-order valence-electron chi connectivity index (χ0n) is 12.8. The van der Waals surface area contributed by atoms with Gasteiger partial charge in [-0.1, -0.05) is 27.7 Å². The van der Waals surface area contributed by atoms with Crippen molar-refractivity contribution in [3.05, 3.63) is 41.5 Å². The van der Waals surface area contributed by atoms with Crippen molar-refractivity contribution in [1.29, 1.82) is 0 Å². The van der Waals surface area contributed by atoms with Crippen molar-refractivity contribution in [1.82, 2.24) is 20.1 Å². The second-order valence-electron chi connectivity index (χ2n) is 5.23. The summed E-state index contributed by atoms with van der Waals surface area (Å²) in [5.41, 5.74) is 4.91. The van der Waals surface area contributed by atoms with Gasteiger partial charge in [-0.2, -0.15) is 5.10 Å². The highest BCUT2D eigenvalue weighted by atomic mass is 15.3. The van der Waals surface area contributed by atoms with Crippen LogP contribution in [0.5, 0.6) is 0 Å². The lowest BCUT2D eigenvalue weighted by Crippen LogP contribution is -2.23. The lowest BCUT2D eigenvalue weighted by atomic mass is 10.1. The van der Waals surface area contributed by atoms with Gasteiger partial charge in [-0.3, -0.25) is 4.98 Å². The largest absolute Gasteiger partial charge is 0.310 e. The summed E-state index contributed by atoms with van der Waals surface area (Å²) in [6.07, 6.45) is 5.56. The zero-order chi connectivity index (χ0) is 14.5. The lowest BCUT2D eigenvalue weighted by Gasteiger charge is -2.10. The lowest BCUT2D eigenvalue weighted by molar-refractivity contribution is 0.584. The van der Waals surface area contributed by atoms with E-state index in [1.807, 2.05) is 24.5 Å². The van der Waals surface area contributed by atoms with Gasteiger partial charge >= 0.3 is 0 Å². The molecule has 0 aliphatic carbocycles. The summed E-state index contributed by atoms with van der Waals surface area (Å²) < 4.78 is 2.07. The average molecular weight is 272 g/mol. The van der Waals surface area contributed by atoms with Crippen LogP contribution in [0.15, 0.2) is 24.5 Å². The van der Waals surface area contributed by atoms with E-state index in [9.17, 15) is 0 Å². The number of nitrogens with one attached hydrogen (secondary N) is 1. The minimum Gasteiger partial charge on any atom is -0.310 e. The molecule has 1 N–H and O–H groups in total. The number of pyridine rings is 1. The monoisotopic (exact) mass is 272 g/mol. The molecule has 0 radical (unpaired) electrons. The summed E-state index contributed by atoms with van der Waals surface area (Å²) in [6, 6.07) is 4.49. The molecule has 2 heterocycles. The molecule has 0 unspecified atom stereocenters. The Bertz CT molecular complexity index is 543. The highest BCUT2D eigenvalue weighted by molar-refractivity contribution is 5.36. The van der Waals surface area contributed by atoms with Crippen molar-refractivity contribution < 1.29 is 0 Å². The molecular weight excluding hydrogens is 248 g/mol. The molecular formula is C16H24N4. The second kappa shape index (κ2) is 6.66. The predicted octanol–water partition coefficient (Wildman–Crippen LogP) is 2.89. The van der Waals surface area contributed by atoms with E-state index >= 15 is 0 Å². The summed E-state index contributed by atoms with van der Waals surface area (Å²) in [5, 5.41) is 8.31. The summed E-state index contributed by atoms with van der Waals surface area (Å²) >= 11 is 0. The average Bonchev–Trinajstić information content (AvgIpc) is 2.83. The van der Waals surface area contributed by atoms with Gasteiger partial charge in [-0.05, 0) is 25.0 Å². The molecule has 0 spiro atoms. The molecule has 0 fully saturated rings. The Labute approximate surface area is 121 Å². The van der Waals surface area contributed by atoms with Crippen LogP contribution in [0.3, 0.4) is 0 Å². The number of aryl methyl sites for hydroxylation is 1. The fraction of sp³-hybridized carbons (Fsp3) is 0.500. The smallest absolute Gasteiger partial charge is 0.0679 e. The molecule has 2 rings (SSSR count). The van der Waals surface area contributed by atoms with Crippen LogP contribution < -0.4 is 5.32 Å². The van der Waals surface area contributed by atoms with E-state index in [0.717, 1.165) is 25.1 Å². The van der Waals surface area contributed by atoms with Crippen LogP contribution in [-0.2, 0) is 19.4 Å². The van der Waals surface area contributed by atoms with E-state index in [1.54, 1.807) is 0 Å². The van der Waals surface area contributed by atoms with Crippen molar-refractivity contribution >= 4 is 0 Å². The van der Waals surface area contributed by atoms with Gasteiger partial charge in [0.1, 0.15) is 0 Å². The van der Waals surface area contributed by atoms with Crippen molar-refractivity contribution in [3.63, 3.8) is 0 Å². The first-order valence-electron chi connectivity index (χ1n) is 7.40. The normalized spacial score (nSPS) is 11.2. The Morgan fingerprint density at radius 2 is 1.85 bits per heavy atom. The standard InChI is InChI=1S/C16H24N4/c1-5-15-14(11-18-12(3)4)16(6-2)20(19-15)13-7-9-17-10-8-13/h7-10,12,18H,5-6,11H2,1-4H3. The Hall–Kier alpha value is -1.68. The quantitative estimate of drug-likeness (QED) is 0.879. The molecule has 4 heteroatoms. The number of rotatable bonds is 6. The molecule has 20 heavy (non-hydrogen) atoms. The first-order valence-corrected chi connectivity index (χ1v) is 7.40. The molecule has 0 saturated heterocycles. The molecule has 0 atom stereocenters. The maximum Gasteiger partial charge on any atom is 0.0679 e. The molecule has 0 amide bonds. The third kappa shape index (κ3) is 3.07. The van der Waals surface area contributed by atoms with Crippen molar-refractivity contribution in [2.75, 3.05) is 0 Å². The Balaban J connectivity index is 2.43. The summed E-state index contributed by atoms with van der Waals surface area (Å²) in [7, 11) is 0. The van der Waals surface area contributed by atoms with E-state index in [1.165, 1.54) is 17.0 Å². The summed E-state index contributed by atoms with van der Waals surface area (Å²) in [4.78, 5) is 4.08. The zero-order valence-corrected chi connectivity index (χ0v) is 12.8. The van der Waals surface area contributed by atoms with Crippen LogP contribution in [-0.4, -0.2) is 20.8 Å². The Morgan fingerprint density at radius 3 is 2.40 bits per heavy atom. The highest BCUT2D eigenvalue weighted by Crippen LogP contribution is 2.20. The van der Waals surface area contributed by atoms with E-state index in [2.05, 4.69) is 42.7 Å². The fourth-order valence-corrected chi connectivity index (χ4v) is 2.39. The van der Waals surface area contributed by atoms with Crippen LogP contribution in [0, 0.1) is 0 Å². The van der Waals surface area contributed by atoms with Gasteiger partial charge in [0, 0.05) is 36.2 Å². The molecule has 0 aliphatic rings. The van der Waals surface area contributed by atoms with Crippen molar-refractivity contribution in [2.24, 2.45) is 0 Å². The number of hydrogen-bond acceptors (Lipinski definition) is 3. The summed E-state index contributed by atoms with van der Waals surface area (Å²) in [6.45, 7) is 9.58. The van der Waals surface area contributed by atoms with Gasteiger partial charge in [0.05, 0.1) is 11.4 Å². The van der Waals surface area contributed by atoms with Gasteiger partial charge in [-0.25, -0.2) is 4.68 Å². The van der Waals surface area contributed by atoms with Crippen molar-refractivity contribution in [2.45, 2.75) is 53.1 Å². The molecule has 2 aromatic heterocycles. The van der Waals surface area contributed by atoms with Crippen LogP contribution in [0.4, 0.5) is 0 Å². The minimum atomic E-state index is 0.480. The van der Waals surface area contributed by atoms with Crippen LogP contribution in [0.25, 0.3) is 5.69 Å². The molecule has 108 valence electrons. The maximum absolute atomic E-state index is 4.80. The first kappa shape index (κ1) is 14.7. The van der Waals surface area contributed by atoms with Crippen LogP contribution >= 0.6 is 0 Å². The fourth-order valence-electron chi connectivity index (χ4n) is 2.39. The SMILES string of the molecule is CCc1nn(-c2ccncc2)c(CC)c1CNC(C)C. The Morgan fingerprint density at radius 1 is 1.15 bits per heavy atom. The van der Waals surface area contributed by atoms with Gasteiger partial charge in [-0.15, -0.1) is 0 Å². The molecule has 0 aromatic carbocycles. The highest BCUT2D eigenvalue weighted by Gasteiger charge is 2.16. The first-order chi connectivity index (χ1) is 9.67. The number of nitrogens with zero attached hydrogens (tertiary/aromatic N) is 3. The molecule has 4 nitrogen and oxygen atoms in total. The third-order valence-electron chi connectivity index (χ3n) is 3.44. The van der Waals surface area contributed by atoms with Crippen molar-refractivity contribution in [3.8, 4) is 5.69 Å². The minimum absolute atomic E-state index is 0.480. The molecule has 0 bridgehead atoms. The van der Waals surface area contributed by atoms with E-state index < -0.39 is 0 Å². The van der Waals surface area contributed by atoms with Gasteiger partial charge in [0.15, 0.2) is 0 Å². The van der Waals surface area contributed by atoms with E-state index in [4.69, 9.17) is 5.10 Å². The summed E-state index contributed by atoms with van der Waals surface area (Å²) in [5.74, 6) is 0. The third-order valence-corrected chi connectivity index (χ3v) is 3.44. The maximum atomic E-state index is 4.80. The van der Waals surface area contributed by atoms with E-state index in [0.29, 0.717) is 6.04 Å². The molecule has 0 aliphatic heterocycles. The van der Waals surface area contributed by atoms with Gasteiger partial charge in [0.2, 0.25) is 0 Å². The Kier molecular flexibility index (Phi) is 4.90. The predicted molar refractivity (Wildman–Crippen MR) is 82.1 cm³/mol.